The lowest BCUT2D eigenvalue weighted by Crippen LogP contribution is -2.16. The molecule has 0 spiro atoms. The third kappa shape index (κ3) is 1.97. The van der Waals surface area contributed by atoms with Gasteiger partial charge in [-0.1, -0.05) is 24.3 Å². The van der Waals surface area contributed by atoms with Crippen molar-refractivity contribution in [2.75, 3.05) is 0 Å². The Kier molecular flexibility index (Phi) is 2.83. The predicted molar refractivity (Wildman–Crippen MR) is 81.0 cm³/mol. The molecule has 0 aliphatic carbocycles. The second-order valence-electron chi connectivity index (χ2n) is 5.00. The summed E-state index contributed by atoms with van der Waals surface area (Å²) >= 11 is 0. The quantitative estimate of drug-likeness (QED) is 0.734. The van der Waals surface area contributed by atoms with Crippen LogP contribution in [0, 0.1) is 6.92 Å². The molecule has 1 aromatic heterocycles. The summed E-state index contributed by atoms with van der Waals surface area (Å²) in [5, 5.41) is 10.4. The monoisotopic (exact) mass is 265 g/mol. The van der Waals surface area contributed by atoms with Crippen LogP contribution in [0.2, 0.25) is 0 Å². The second-order valence-corrected chi connectivity index (χ2v) is 5.00. The van der Waals surface area contributed by atoms with Crippen molar-refractivity contribution in [3.63, 3.8) is 0 Å². The largest absolute Gasteiger partial charge is 0.508 e. The minimum absolute atomic E-state index is 0.00199. The molecule has 3 aromatic rings. The molecule has 3 nitrogen and oxygen atoms in total. The van der Waals surface area contributed by atoms with Crippen LogP contribution in [-0.4, -0.2) is 9.67 Å². The van der Waals surface area contributed by atoms with Gasteiger partial charge in [0, 0.05) is 18.5 Å². The van der Waals surface area contributed by atoms with Crippen molar-refractivity contribution in [2.24, 2.45) is 7.05 Å². The number of phenolic OH excluding ortho intramolecular Hbond substituents is 1. The van der Waals surface area contributed by atoms with E-state index < -0.39 is 0 Å². The summed E-state index contributed by atoms with van der Waals surface area (Å²) in [5.74, 6) is 0.248. The van der Waals surface area contributed by atoms with Gasteiger partial charge >= 0.3 is 0 Å². The molecular formula is C17H15NO2. The molecule has 2 aromatic carbocycles. The van der Waals surface area contributed by atoms with Crippen LogP contribution in [-0.2, 0) is 7.05 Å². The molecule has 1 N–H and O–H groups in total. The maximum atomic E-state index is 11.9. The third-order valence-corrected chi connectivity index (χ3v) is 3.66. The van der Waals surface area contributed by atoms with Crippen molar-refractivity contribution >= 4 is 10.9 Å². The van der Waals surface area contributed by atoms with Gasteiger partial charge in [-0.25, -0.2) is 0 Å². The molecule has 100 valence electrons. The van der Waals surface area contributed by atoms with Gasteiger partial charge in [0.15, 0.2) is 0 Å². The standard InChI is InChI=1S/C17H15NO2/c1-11-9-17(20)18(2)16-10-13(5-8-15(11)16)12-3-6-14(19)7-4-12/h3-10,19H,1-2H3. The van der Waals surface area contributed by atoms with Crippen LogP contribution in [0.15, 0.2) is 53.3 Å². The number of rotatable bonds is 1. The van der Waals surface area contributed by atoms with Crippen molar-refractivity contribution in [3.8, 4) is 16.9 Å². The zero-order valence-electron chi connectivity index (χ0n) is 11.4. The molecule has 0 radical (unpaired) electrons. The SMILES string of the molecule is Cc1cc(=O)n(C)c2cc(-c3ccc(O)cc3)ccc12. The van der Waals surface area contributed by atoms with E-state index in [-0.39, 0.29) is 11.3 Å². The number of nitrogens with zero attached hydrogens (tertiary/aromatic N) is 1. The number of aromatic nitrogens is 1. The summed E-state index contributed by atoms with van der Waals surface area (Å²) in [4.78, 5) is 11.9. The highest BCUT2D eigenvalue weighted by molar-refractivity contribution is 5.87. The Morgan fingerprint density at radius 1 is 0.950 bits per heavy atom. The normalized spacial score (nSPS) is 10.9. The Morgan fingerprint density at radius 3 is 2.30 bits per heavy atom. The topological polar surface area (TPSA) is 42.2 Å². The van der Waals surface area contributed by atoms with Crippen molar-refractivity contribution in [1.29, 1.82) is 0 Å². The molecule has 0 fully saturated rings. The molecule has 1 heterocycles. The maximum Gasteiger partial charge on any atom is 0.251 e. The molecule has 3 heteroatoms. The number of aromatic hydroxyl groups is 1. The smallest absolute Gasteiger partial charge is 0.251 e. The summed E-state index contributed by atoms with van der Waals surface area (Å²) in [5.41, 5.74) is 3.94. The van der Waals surface area contributed by atoms with Gasteiger partial charge in [-0.15, -0.1) is 0 Å². The maximum absolute atomic E-state index is 11.9. The van der Waals surface area contributed by atoms with Crippen LogP contribution in [0.25, 0.3) is 22.0 Å². The highest BCUT2D eigenvalue weighted by Crippen LogP contribution is 2.26. The number of phenols is 1. The molecular weight excluding hydrogens is 250 g/mol. The van der Waals surface area contributed by atoms with E-state index >= 15 is 0 Å². The van der Waals surface area contributed by atoms with E-state index in [4.69, 9.17) is 0 Å². The first-order chi connectivity index (χ1) is 9.56. The fourth-order valence-corrected chi connectivity index (χ4v) is 2.45. The van der Waals surface area contributed by atoms with Gasteiger partial charge in [0.25, 0.3) is 5.56 Å². The van der Waals surface area contributed by atoms with Crippen molar-refractivity contribution in [1.82, 2.24) is 4.57 Å². The summed E-state index contributed by atoms with van der Waals surface area (Å²) < 4.78 is 1.66. The molecule has 0 aliphatic heterocycles. The average Bonchev–Trinajstić information content (AvgIpc) is 2.45. The second kappa shape index (κ2) is 4.53. The minimum Gasteiger partial charge on any atom is -0.508 e. The van der Waals surface area contributed by atoms with Crippen LogP contribution in [0.1, 0.15) is 5.56 Å². The molecule has 0 saturated heterocycles. The van der Waals surface area contributed by atoms with E-state index in [1.54, 1.807) is 29.8 Å². The highest BCUT2D eigenvalue weighted by atomic mass is 16.3. The van der Waals surface area contributed by atoms with Crippen LogP contribution in [0.3, 0.4) is 0 Å². The van der Waals surface area contributed by atoms with E-state index in [0.29, 0.717) is 0 Å². The van der Waals surface area contributed by atoms with Gasteiger partial charge in [0.2, 0.25) is 0 Å². The molecule has 0 bridgehead atoms. The Balaban J connectivity index is 2.27. The van der Waals surface area contributed by atoms with Crippen molar-refractivity contribution in [3.05, 3.63) is 64.4 Å². The van der Waals surface area contributed by atoms with Gasteiger partial charge in [0.05, 0.1) is 5.52 Å². The predicted octanol–water partition coefficient (Wildman–Crippen LogP) is 3.22. The molecule has 3 rings (SSSR count). The summed E-state index contributed by atoms with van der Waals surface area (Å²) in [6.45, 7) is 1.95. The first kappa shape index (κ1) is 12.5. The molecule has 0 aliphatic rings. The summed E-state index contributed by atoms with van der Waals surface area (Å²) in [6.07, 6.45) is 0. The molecule has 0 atom stereocenters. The first-order valence-electron chi connectivity index (χ1n) is 6.46. The number of aryl methyl sites for hydroxylation is 2. The average molecular weight is 265 g/mol. The van der Waals surface area contributed by atoms with E-state index in [1.165, 1.54) is 0 Å². The van der Waals surface area contributed by atoms with Crippen LogP contribution >= 0.6 is 0 Å². The molecule has 0 saturated carbocycles. The first-order valence-corrected chi connectivity index (χ1v) is 6.46. The van der Waals surface area contributed by atoms with E-state index in [1.807, 2.05) is 37.3 Å². The Bertz CT molecular complexity index is 845. The fraction of sp³-hybridized carbons (Fsp3) is 0.118. The number of hydrogen-bond donors (Lipinski definition) is 1. The highest BCUT2D eigenvalue weighted by Gasteiger charge is 2.06. The van der Waals surface area contributed by atoms with Crippen LogP contribution < -0.4 is 5.56 Å². The fourth-order valence-electron chi connectivity index (χ4n) is 2.45. The van der Waals surface area contributed by atoms with E-state index in [2.05, 4.69) is 0 Å². The zero-order valence-corrected chi connectivity index (χ0v) is 11.4. The minimum atomic E-state index is -0.00199. The summed E-state index contributed by atoms with van der Waals surface area (Å²) in [7, 11) is 1.78. The number of fused-ring (bicyclic) bond motifs is 1. The van der Waals surface area contributed by atoms with Crippen LogP contribution in [0.4, 0.5) is 0 Å². The van der Waals surface area contributed by atoms with Crippen molar-refractivity contribution < 1.29 is 5.11 Å². The Hall–Kier alpha value is -2.55. The number of benzene rings is 2. The number of pyridine rings is 1. The van der Waals surface area contributed by atoms with Crippen molar-refractivity contribution in [2.45, 2.75) is 6.92 Å². The molecule has 0 amide bonds. The molecule has 20 heavy (non-hydrogen) atoms. The third-order valence-electron chi connectivity index (χ3n) is 3.66. The van der Waals surface area contributed by atoms with E-state index in [9.17, 15) is 9.90 Å². The lowest BCUT2D eigenvalue weighted by molar-refractivity contribution is 0.475. The summed E-state index contributed by atoms with van der Waals surface area (Å²) in [6, 6.07) is 14.8. The van der Waals surface area contributed by atoms with Gasteiger partial charge in [-0.2, -0.15) is 0 Å². The number of hydrogen-bond acceptors (Lipinski definition) is 2. The zero-order chi connectivity index (χ0) is 14.3. The van der Waals surface area contributed by atoms with Crippen LogP contribution in [0.5, 0.6) is 5.75 Å². The van der Waals surface area contributed by atoms with E-state index in [0.717, 1.165) is 27.6 Å². The van der Waals surface area contributed by atoms with Gasteiger partial charge < -0.3 is 9.67 Å². The Labute approximate surface area is 116 Å². The Morgan fingerprint density at radius 2 is 1.60 bits per heavy atom. The molecule has 0 unspecified atom stereocenters. The lowest BCUT2D eigenvalue weighted by Gasteiger charge is -2.10. The van der Waals surface area contributed by atoms with Gasteiger partial charge in [-0.05, 0) is 41.8 Å². The lowest BCUT2D eigenvalue weighted by atomic mass is 10.0. The van der Waals surface area contributed by atoms with Gasteiger partial charge in [-0.3, -0.25) is 4.79 Å². The van der Waals surface area contributed by atoms with Gasteiger partial charge in [0.1, 0.15) is 5.75 Å².